The van der Waals surface area contributed by atoms with Gasteiger partial charge < -0.3 is 11.5 Å². The molecule has 0 fully saturated rings. The van der Waals surface area contributed by atoms with Gasteiger partial charge in [0, 0.05) is 0 Å². The van der Waals surface area contributed by atoms with Gasteiger partial charge in [-0.05, 0) is 24.9 Å². The Labute approximate surface area is 62.6 Å². The highest BCUT2D eigenvalue weighted by molar-refractivity contribution is 4.93. The molecule has 0 radical (unpaired) electrons. The molecule has 0 bridgehead atoms. The van der Waals surface area contributed by atoms with Crippen LogP contribution in [0.4, 0.5) is 0 Å². The molecule has 0 aromatic carbocycles. The lowest BCUT2D eigenvalue weighted by atomic mass is 9.93. The van der Waals surface area contributed by atoms with E-state index in [1.807, 2.05) is 12.2 Å². The molecule has 2 atom stereocenters. The van der Waals surface area contributed by atoms with Crippen molar-refractivity contribution in [1.82, 2.24) is 0 Å². The van der Waals surface area contributed by atoms with Gasteiger partial charge in [-0.3, -0.25) is 0 Å². The van der Waals surface area contributed by atoms with Crippen LogP contribution >= 0.6 is 0 Å². The highest BCUT2D eigenvalue weighted by Gasteiger charge is 2.10. The lowest BCUT2D eigenvalue weighted by Gasteiger charge is -2.16. The van der Waals surface area contributed by atoms with E-state index in [0.717, 1.165) is 0 Å². The van der Waals surface area contributed by atoms with E-state index in [4.69, 9.17) is 11.5 Å². The second-order valence-corrected chi connectivity index (χ2v) is 2.27. The third kappa shape index (κ3) is 2.33. The minimum atomic E-state index is 0.280. The van der Waals surface area contributed by atoms with Crippen molar-refractivity contribution < 1.29 is 0 Å². The summed E-state index contributed by atoms with van der Waals surface area (Å²) in [6, 6.07) is 0. The maximum atomic E-state index is 5.46. The highest BCUT2D eigenvalue weighted by atomic mass is 14.6. The van der Waals surface area contributed by atoms with E-state index in [9.17, 15) is 0 Å². The molecule has 2 unspecified atom stereocenters. The third-order valence-corrected chi connectivity index (χ3v) is 1.70. The van der Waals surface area contributed by atoms with Gasteiger partial charge in [0.05, 0.1) is 0 Å². The number of nitrogens with two attached hydrogens (primary N) is 2. The molecule has 0 aromatic heterocycles. The summed E-state index contributed by atoms with van der Waals surface area (Å²) in [6.45, 7) is 8.52. The van der Waals surface area contributed by atoms with E-state index in [2.05, 4.69) is 13.2 Å². The van der Waals surface area contributed by atoms with Crippen LogP contribution in [0.3, 0.4) is 0 Å². The fourth-order valence-corrected chi connectivity index (χ4v) is 0.892. The zero-order valence-electron chi connectivity index (χ0n) is 6.29. The van der Waals surface area contributed by atoms with Crippen molar-refractivity contribution in [2.75, 3.05) is 13.1 Å². The Bertz CT molecular complexity index is 95.8. The van der Waals surface area contributed by atoms with Crippen LogP contribution in [0.15, 0.2) is 25.3 Å². The van der Waals surface area contributed by atoms with Crippen molar-refractivity contribution in [3.8, 4) is 0 Å². The Balaban J connectivity index is 3.93. The van der Waals surface area contributed by atoms with Crippen molar-refractivity contribution in [3.63, 3.8) is 0 Å². The molecule has 0 aromatic rings. The highest BCUT2D eigenvalue weighted by Crippen LogP contribution is 2.10. The topological polar surface area (TPSA) is 52.0 Å². The fourth-order valence-electron chi connectivity index (χ4n) is 0.892. The summed E-state index contributed by atoms with van der Waals surface area (Å²) in [5, 5.41) is 0. The average molecular weight is 140 g/mol. The first-order valence-electron chi connectivity index (χ1n) is 3.45. The van der Waals surface area contributed by atoms with E-state index in [0.29, 0.717) is 13.1 Å². The summed E-state index contributed by atoms with van der Waals surface area (Å²) < 4.78 is 0. The Morgan fingerprint density at radius 1 is 1.00 bits per heavy atom. The summed E-state index contributed by atoms with van der Waals surface area (Å²) in [4.78, 5) is 0. The number of rotatable bonds is 5. The van der Waals surface area contributed by atoms with Gasteiger partial charge in [0.15, 0.2) is 0 Å². The SMILES string of the molecule is C=CC(CN)C(C=C)CN. The minimum absolute atomic E-state index is 0.280. The van der Waals surface area contributed by atoms with E-state index in [1.54, 1.807) is 0 Å². The molecule has 0 rings (SSSR count). The molecule has 2 nitrogen and oxygen atoms in total. The van der Waals surface area contributed by atoms with Crippen molar-refractivity contribution in [1.29, 1.82) is 0 Å². The van der Waals surface area contributed by atoms with Crippen molar-refractivity contribution >= 4 is 0 Å². The second kappa shape index (κ2) is 5.21. The zero-order chi connectivity index (χ0) is 7.98. The van der Waals surface area contributed by atoms with Gasteiger partial charge in [-0.2, -0.15) is 0 Å². The number of hydrogen-bond donors (Lipinski definition) is 2. The fraction of sp³-hybridized carbons (Fsp3) is 0.500. The van der Waals surface area contributed by atoms with E-state index >= 15 is 0 Å². The van der Waals surface area contributed by atoms with Crippen LogP contribution in [0.2, 0.25) is 0 Å². The van der Waals surface area contributed by atoms with Crippen LogP contribution in [0.25, 0.3) is 0 Å². The third-order valence-electron chi connectivity index (χ3n) is 1.70. The molecule has 10 heavy (non-hydrogen) atoms. The van der Waals surface area contributed by atoms with Gasteiger partial charge in [-0.15, -0.1) is 13.2 Å². The molecule has 0 aliphatic carbocycles. The molecule has 0 saturated heterocycles. The monoisotopic (exact) mass is 140 g/mol. The lowest BCUT2D eigenvalue weighted by Crippen LogP contribution is -2.26. The summed E-state index contributed by atoms with van der Waals surface area (Å²) in [7, 11) is 0. The molecular formula is C8H16N2. The quantitative estimate of drug-likeness (QED) is 0.547. The van der Waals surface area contributed by atoms with Crippen molar-refractivity contribution in [2.24, 2.45) is 23.3 Å². The molecule has 0 saturated carbocycles. The van der Waals surface area contributed by atoms with Gasteiger partial charge in [0.25, 0.3) is 0 Å². The van der Waals surface area contributed by atoms with Gasteiger partial charge >= 0.3 is 0 Å². The van der Waals surface area contributed by atoms with Gasteiger partial charge in [-0.25, -0.2) is 0 Å². The Kier molecular flexibility index (Phi) is 4.89. The van der Waals surface area contributed by atoms with Crippen LogP contribution in [-0.2, 0) is 0 Å². The van der Waals surface area contributed by atoms with Crippen LogP contribution in [0.1, 0.15) is 0 Å². The van der Waals surface area contributed by atoms with Gasteiger partial charge in [-0.1, -0.05) is 12.2 Å². The molecule has 0 aliphatic rings. The normalized spacial score (nSPS) is 15.8. The Morgan fingerprint density at radius 2 is 1.30 bits per heavy atom. The maximum Gasteiger partial charge on any atom is -0.000813 e. The molecular weight excluding hydrogens is 124 g/mol. The summed E-state index contributed by atoms with van der Waals surface area (Å²) in [5.41, 5.74) is 10.9. The molecule has 0 amide bonds. The van der Waals surface area contributed by atoms with E-state index in [1.165, 1.54) is 0 Å². The largest absolute Gasteiger partial charge is 0.330 e. The predicted molar refractivity (Wildman–Crippen MR) is 45.5 cm³/mol. The first kappa shape index (κ1) is 9.40. The number of hydrogen-bond acceptors (Lipinski definition) is 2. The first-order valence-corrected chi connectivity index (χ1v) is 3.45. The van der Waals surface area contributed by atoms with E-state index < -0.39 is 0 Å². The molecule has 0 heterocycles. The molecule has 58 valence electrons. The summed E-state index contributed by atoms with van der Waals surface area (Å²) in [5.74, 6) is 0.560. The molecule has 2 heteroatoms. The van der Waals surface area contributed by atoms with Crippen molar-refractivity contribution in [3.05, 3.63) is 25.3 Å². The zero-order valence-corrected chi connectivity index (χ0v) is 6.29. The summed E-state index contributed by atoms with van der Waals surface area (Å²) in [6.07, 6.45) is 3.67. The van der Waals surface area contributed by atoms with Gasteiger partial charge in [0.1, 0.15) is 0 Å². The second-order valence-electron chi connectivity index (χ2n) is 2.27. The van der Waals surface area contributed by atoms with E-state index in [-0.39, 0.29) is 11.8 Å². The predicted octanol–water partition coefficient (Wildman–Crippen LogP) is 0.508. The Morgan fingerprint density at radius 3 is 1.40 bits per heavy atom. The van der Waals surface area contributed by atoms with Crippen LogP contribution < -0.4 is 11.5 Å². The molecule has 4 N–H and O–H groups in total. The molecule has 0 spiro atoms. The van der Waals surface area contributed by atoms with Crippen LogP contribution in [0.5, 0.6) is 0 Å². The maximum absolute atomic E-state index is 5.46. The summed E-state index contributed by atoms with van der Waals surface area (Å²) >= 11 is 0. The first-order chi connectivity index (χ1) is 4.79. The standard InChI is InChI=1S/C8H16N2/c1-3-7(5-9)8(4-2)6-10/h3-4,7-8H,1-2,5-6,9-10H2. The average Bonchev–Trinajstić information content (AvgIpc) is 2.00. The van der Waals surface area contributed by atoms with Gasteiger partial charge in [0.2, 0.25) is 0 Å². The Hall–Kier alpha value is -0.600. The molecule has 0 aliphatic heterocycles. The van der Waals surface area contributed by atoms with Crippen molar-refractivity contribution in [2.45, 2.75) is 0 Å². The van der Waals surface area contributed by atoms with Crippen LogP contribution in [0, 0.1) is 11.8 Å². The van der Waals surface area contributed by atoms with Crippen LogP contribution in [-0.4, -0.2) is 13.1 Å². The lowest BCUT2D eigenvalue weighted by molar-refractivity contribution is 0.494. The minimum Gasteiger partial charge on any atom is -0.330 e. The smallest absolute Gasteiger partial charge is 0.000813 e.